The summed E-state index contributed by atoms with van der Waals surface area (Å²) in [4.78, 5) is 0. The number of nitrogens with two attached hydrogens (primary N) is 1. The Morgan fingerprint density at radius 3 is 2.00 bits per heavy atom. The van der Waals surface area contributed by atoms with Crippen LogP contribution >= 0.6 is 12.4 Å². The SMILES string of the molecule is C/C=C/C=C/N.Cl. The van der Waals surface area contributed by atoms with Crippen molar-refractivity contribution in [3.8, 4) is 0 Å². The Balaban J connectivity index is 0. The van der Waals surface area contributed by atoms with Crippen molar-refractivity contribution in [3.63, 3.8) is 0 Å². The van der Waals surface area contributed by atoms with E-state index in [2.05, 4.69) is 0 Å². The van der Waals surface area contributed by atoms with Crippen molar-refractivity contribution in [2.45, 2.75) is 6.92 Å². The maximum Gasteiger partial charge on any atom is -0.00625 e. The second-order valence-corrected chi connectivity index (χ2v) is 0.911. The van der Waals surface area contributed by atoms with E-state index >= 15 is 0 Å². The molecule has 2 heteroatoms. The Morgan fingerprint density at radius 1 is 1.29 bits per heavy atom. The Kier molecular flexibility index (Phi) is 12.7. The molecule has 0 aromatic rings. The summed E-state index contributed by atoms with van der Waals surface area (Å²) in [6.07, 6.45) is 7.07. The highest BCUT2D eigenvalue weighted by Gasteiger charge is 1.48. The molecule has 0 aliphatic carbocycles. The van der Waals surface area contributed by atoms with Crippen LogP contribution < -0.4 is 5.73 Å². The Labute approximate surface area is 50.3 Å². The first-order chi connectivity index (χ1) is 2.91. The van der Waals surface area contributed by atoms with Gasteiger partial charge in [0, 0.05) is 0 Å². The van der Waals surface area contributed by atoms with Gasteiger partial charge in [0.25, 0.3) is 0 Å². The monoisotopic (exact) mass is 119 g/mol. The molecule has 0 atom stereocenters. The number of rotatable bonds is 1. The standard InChI is InChI=1S/C5H9N.ClH/c1-2-3-4-5-6;/h2-5H,6H2,1H3;1H/b3-2+,5-4+;. The fraction of sp³-hybridized carbons (Fsp3) is 0.200. The van der Waals surface area contributed by atoms with Gasteiger partial charge >= 0.3 is 0 Å². The highest BCUT2D eigenvalue weighted by atomic mass is 35.5. The molecule has 0 aliphatic rings. The summed E-state index contributed by atoms with van der Waals surface area (Å²) >= 11 is 0. The predicted molar refractivity (Wildman–Crippen MR) is 35.4 cm³/mol. The highest BCUT2D eigenvalue weighted by molar-refractivity contribution is 5.85. The summed E-state index contributed by atoms with van der Waals surface area (Å²) in [6.45, 7) is 1.94. The first-order valence-electron chi connectivity index (χ1n) is 1.91. The lowest BCUT2D eigenvalue weighted by molar-refractivity contribution is 1.59. The number of allylic oxidation sites excluding steroid dienone is 3. The minimum Gasteiger partial charge on any atom is -0.405 e. The normalized spacial score (nSPS) is 9.86. The van der Waals surface area contributed by atoms with E-state index in [1.165, 1.54) is 6.20 Å². The van der Waals surface area contributed by atoms with Crippen molar-refractivity contribution in [2.24, 2.45) is 5.73 Å². The van der Waals surface area contributed by atoms with E-state index in [1.54, 1.807) is 6.08 Å². The largest absolute Gasteiger partial charge is 0.405 e. The van der Waals surface area contributed by atoms with Crippen LogP contribution in [0.5, 0.6) is 0 Å². The van der Waals surface area contributed by atoms with Crippen molar-refractivity contribution < 1.29 is 0 Å². The molecule has 0 saturated carbocycles. The van der Waals surface area contributed by atoms with Gasteiger partial charge in [0.1, 0.15) is 0 Å². The summed E-state index contributed by atoms with van der Waals surface area (Å²) in [5, 5.41) is 0. The molecule has 0 fully saturated rings. The molecular weight excluding hydrogens is 110 g/mol. The van der Waals surface area contributed by atoms with Crippen LogP contribution in [0, 0.1) is 0 Å². The third kappa shape index (κ3) is 10.7. The molecule has 42 valence electrons. The third-order valence-electron chi connectivity index (χ3n) is 0.415. The first-order valence-corrected chi connectivity index (χ1v) is 1.91. The van der Waals surface area contributed by atoms with Crippen LogP contribution in [0.3, 0.4) is 0 Å². The van der Waals surface area contributed by atoms with Crippen molar-refractivity contribution in [3.05, 3.63) is 24.4 Å². The molecule has 0 spiro atoms. The van der Waals surface area contributed by atoms with Crippen molar-refractivity contribution in [2.75, 3.05) is 0 Å². The minimum atomic E-state index is 0. The smallest absolute Gasteiger partial charge is 0.00625 e. The van der Waals surface area contributed by atoms with Crippen LogP contribution in [0.25, 0.3) is 0 Å². The summed E-state index contributed by atoms with van der Waals surface area (Å²) in [7, 11) is 0. The van der Waals surface area contributed by atoms with E-state index in [0.717, 1.165) is 0 Å². The van der Waals surface area contributed by atoms with E-state index in [-0.39, 0.29) is 12.4 Å². The van der Waals surface area contributed by atoms with Crippen LogP contribution in [-0.4, -0.2) is 0 Å². The maximum atomic E-state index is 4.98. The molecule has 0 saturated heterocycles. The van der Waals surface area contributed by atoms with Gasteiger partial charge in [-0.3, -0.25) is 0 Å². The lowest BCUT2D eigenvalue weighted by Gasteiger charge is -1.63. The molecule has 0 aromatic carbocycles. The highest BCUT2D eigenvalue weighted by Crippen LogP contribution is 1.67. The Hall–Kier alpha value is -0.430. The Morgan fingerprint density at radius 2 is 1.86 bits per heavy atom. The molecule has 0 heterocycles. The van der Waals surface area contributed by atoms with Crippen molar-refractivity contribution in [1.82, 2.24) is 0 Å². The molecule has 0 aliphatic heterocycles. The van der Waals surface area contributed by atoms with Gasteiger partial charge in [-0.1, -0.05) is 12.2 Å². The van der Waals surface area contributed by atoms with Crippen LogP contribution in [0.15, 0.2) is 24.4 Å². The number of halogens is 1. The zero-order chi connectivity index (χ0) is 4.83. The van der Waals surface area contributed by atoms with E-state index in [4.69, 9.17) is 5.73 Å². The second-order valence-electron chi connectivity index (χ2n) is 0.911. The van der Waals surface area contributed by atoms with Crippen LogP contribution in [0.1, 0.15) is 6.92 Å². The van der Waals surface area contributed by atoms with Gasteiger partial charge in [-0.05, 0) is 19.2 Å². The second kappa shape index (κ2) is 9.13. The predicted octanol–water partition coefficient (Wildman–Crippen LogP) is 1.46. The molecule has 0 rings (SSSR count). The fourth-order valence-corrected chi connectivity index (χ4v) is 0.175. The average Bonchev–Trinajstić information content (AvgIpc) is 1.61. The molecular formula is C5H10ClN. The van der Waals surface area contributed by atoms with Crippen LogP contribution in [0.2, 0.25) is 0 Å². The summed E-state index contributed by atoms with van der Waals surface area (Å²) < 4.78 is 0. The topological polar surface area (TPSA) is 26.0 Å². The zero-order valence-electron chi connectivity index (χ0n) is 4.29. The molecule has 7 heavy (non-hydrogen) atoms. The quantitative estimate of drug-likeness (QED) is 0.520. The van der Waals surface area contributed by atoms with Gasteiger partial charge < -0.3 is 5.73 Å². The zero-order valence-corrected chi connectivity index (χ0v) is 5.11. The number of hydrogen-bond acceptors (Lipinski definition) is 1. The van der Waals surface area contributed by atoms with Crippen LogP contribution in [-0.2, 0) is 0 Å². The summed E-state index contributed by atoms with van der Waals surface area (Å²) in [6, 6.07) is 0. The lowest BCUT2D eigenvalue weighted by atomic mass is 10.5. The van der Waals surface area contributed by atoms with Gasteiger partial charge in [0.2, 0.25) is 0 Å². The van der Waals surface area contributed by atoms with Gasteiger partial charge in [-0.25, -0.2) is 0 Å². The van der Waals surface area contributed by atoms with Crippen molar-refractivity contribution >= 4 is 12.4 Å². The van der Waals surface area contributed by atoms with Gasteiger partial charge in [0.05, 0.1) is 0 Å². The number of hydrogen-bond donors (Lipinski definition) is 1. The molecule has 0 amide bonds. The fourth-order valence-electron chi connectivity index (χ4n) is 0.175. The molecule has 0 unspecified atom stereocenters. The molecule has 1 nitrogen and oxygen atoms in total. The van der Waals surface area contributed by atoms with Gasteiger partial charge in [-0.15, -0.1) is 12.4 Å². The van der Waals surface area contributed by atoms with Gasteiger partial charge in [-0.2, -0.15) is 0 Å². The van der Waals surface area contributed by atoms with Gasteiger partial charge in [0.15, 0.2) is 0 Å². The van der Waals surface area contributed by atoms with E-state index in [0.29, 0.717) is 0 Å². The summed E-state index contributed by atoms with van der Waals surface area (Å²) in [5.74, 6) is 0. The first kappa shape index (κ1) is 9.76. The van der Waals surface area contributed by atoms with Crippen molar-refractivity contribution in [1.29, 1.82) is 0 Å². The lowest BCUT2D eigenvalue weighted by Crippen LogP contribution is -1.71. The Bertz CT molecular complexity index is 56.5. The minimum absolute atomic E-state index is 0. The van der Waals surface area contributed by atoms with E-state index < -0.39 is 0 Å². The van der Waals surface area contributed by atoms with E-state index in [9.17, 15) is 0 Å². The molecule has 0 bridgehead atoms. The van der Waals surface area contributed by atoms with E-state index in [1.807, 2.05) is 19.1 Å². The van der Waals surface area contributed by atoms with Crippen LogP contribution in [0.4, 0.5) is 0 Å². The molecule has 0 aromatic heterocycles. The average molecular weight is 120 g/mol. The maximum absolute atomic E-state index is 4.98. The molecule has 2 N–H and O–H groups in total. The summed E-state index contributed by atoms with van der Waals surface area (Å²) in [5.41, 5.74) is 4.98. The third-order valence-corrected chi connectivity index (χ3v) is 0.415. The molecule has 0 radical (unpaired) electrons.